The highest BCUT2D eigenvalue weighted by atomic mass is 32.1. The SMILES string of the molecule is OCc1csc(-c2cccc(-c3cccc(-c4cccc5c4oc4ccccc45)c3)c2)n1. The van der Waals surface area contributed by atoms with E-state index in [1.165, 1.54) is 0 Å². The Bertz CT molecular complexity index is 1580. The van der Waals surface area contributed by atoms with E-state index in [-0.39, 0.29) is 6.61 Å². The van der Waals surface area contributed by atoms with E-state index in [0.29, 0.717) is 5.69 Å². The van der Waals surface area contributed by atoms with Crippen LogP contribution >= 0.6 is 11.3 Å². The molecule has 0 aliphatic heterocycles. The summed E-state index contributed by atoms with van der Waals surface area (Å²) in [5, 5.41) is 14.4. The quantitative estimate of drug-likeness (QED) is 0.312. The lowest BCUT2D eigenvalue weighted by atomic mass is 9.97. The van der Waals surface area contributed by atoms with E-state index >= 15 is 0 Å². The molecule has 0 spiro atoms. The van der Waals surface area contributed by atoms with Crippen molar-refractivity contribution in [3.8, 4) is 32.8 Å². The Hall–Kier alpha value is -3.73. The summed E-state index contributed by atoms with van der Waals surface area (Å²) >= 11 is 1.55. The van der Waals surface area contributed by atoms with E-state index in [9.17, 15) is 5.11 Å². The first kappa shape index (κ1) is 19.0. The lowest BCUT2D eigenvalue weighted by molar-refractivity contribution is 0.278. The predicted octanol–water partition coefficient (Wildman–Crippen LogP) is 7.54. The number of aromatic nitrogens is 1. The third-order valence-electron chi connectivity index (χ3n) is 5.73. The van der Waals surface area contributed by atoms with Gasteiger partial charge in [-0.1, -0.05) is 72.8 Å². The number of hydrogen-bond acceptors (Lipinski definition) is 4. The van der Waals surface area contributed by atoms with E-state index in [0.717, 1.165) is 54.8 Å². The molecule has 3 nitrogen and oxygen atoms in total. The largest absolute Gasteiger partial charge is 0.455 e. The molecule has 4 aromatic carbocycles. The van der Waals surface area contributed by atoms with E-state index < -0.39 is 0 Å². The van der Waals surface area contributed by atoms with E-state index in [1.54, 1.807) is 11.3 Å². The Labute approximate surface area is 189 Å². The normalized spacial score (nSPS) is 11.4. The number of benzene rings is 4. The number of furan rings is 1. The first-order valence-corrected chi connectivity index (χ1v) is 11.3. The topological polar surface area (TPSA) is 46.3 Å². The molecule has 2 heterocycles. The Morgan fingerprint density at radius 2 is 1.41 bits per heavy atom. The minimum absolute atomic E-state index is 0.0361. The van der Waals surface area contributed by atoms with Gasteiger partial charge in [-0.3, -0.25) is 0 Å². The molecule has 0 saturated carbocycles. The molecule has 32 heavy (non-hydrogen) atoms. The fraction of sp³-hybridized carbons (Fsp3) is 0.0357. The Morgan fingerprint density at radius 1 is 0.719 bits per heavy atom. The monoisotopic (exact) mass is 433 g/mol. The second-order valence-corrected chi connectivity index (χ2v) is 8.60. The Kier molecular flexibility index (Phi) is 4.60. The summed E-state index contributed by atoms with van der Waals surface area (Å²) in [6, 6.07) is 31.4. The maximum atomic E-state index is 9.33. The number of rotatable bonds is 4. The van der Waals surface area contributed by atoms with Gasteiger partial charge in [0.2, 0.25) is 0 Å². The summed E-state index contributed by atoms with van der Waals surface area (Å²) in [4.78, 5) is 4.51. The van der Waals surface area contributed by atoms with Crippen molar-refractivity contribution in [1.29, 1.82) is 0 Å². The number of thiazole rings is 1. The maximum absolute atomic E-state index is 9.33. The van der Waals surface area contributed by atoms with E-state index in [1.807, 2.05) is 23.6 Å². The van der Waals surface area contributed by atoms with Gasteiger partial charge in [0.05, 0.1) is 12.3 Å². The standard InChI is InChI=1S/C28H19NO2S/c30-16-22-17-32-28(29-22)21-9-4-7-19(15-21)18-6-3-8-20(14-18)23-11-5-12-25-24-10-1-2-13-26(24)31-27(23)25/h1-15,17,30H,16H2. The second-order valence-electron chi connectivity index (χ2n) is 7.74. The second kappa shape index (κ2) is 7.75. The van der Waals surface area contributed by atoms with Crippen LogP contribution in [0, 0.1) is 0 Å². The highest BCUT2D eigenvalue weighted by Crippen LogP contribution is 2.37. The molecule has 6 aromatic rings. The van der Waals surface area contributed by atoms with Crippen LogP contribution in [-0.2, 0) is 6.61 Å². The molecule has 0 radical (unpaired) electrons. The molecule has 0 aliphatic carbocycles. The van der Waals surface area contributed by atoms with Crippen LogP contribution in [0.4, 0.5) is 0 Å². The zero-order chi connectivity index (χ0) is 21.5. The van der Waals surface area contributed by atoms with Crippen molar-refractivity contribution in [2.45, 2.75) is 6.61 Å². The average Bonchev–Trinajstić information content (AvgIpc) is 3.49. The van der Waals surface area contributed by atoms with Gasteiger partial charge < -0.3 is 9.52 Å². The average molecular weight is 434 g/mol. The number of aliphatic hydroxyl groups excluding tert-OH is 1. The van der Waals surface area contributed by atoms with Gasteiger partial charge >= 0.3 is 0 Å². The van der Waals surface area contributed by atoms with Gasteiger partial charge in [0.1, 0.15) is 16.2 Å². The van der Waals surface area contributed by atoms with Gasteiger partial charge in [0.15, 0.2) is 0 Å². The van der Waals surface area contributed by atoms with Gasteiger partial charge in [-0.2, -0.15) is 0 Å². The molecule has 0 bridgehead atoms. The van der Waals surface area contributed by atoms with Crippen molar-refractivity contribution >= 4 is 33.3 Å². The molecule has 1 N–H and O–H groups in total. The molecule has 0 amide bonds. The minimum Gasteiger partial charge on any atom is -0.455 e. The van der Waals surface area contributed by atoms with Crippen LogP contribution in [0.25, 0.3) is 54.8 Å². The van der Waals surface area contributed by atoms with Crippen LogP contribution in [0.2, 0.25) is 0 Å². The fourth-order valence-corrected chi connectivity index (χ4v) is 4.99. The molecule has 4 heteroatoms. The van der Waals surface area contributed by atoms with Crippen molar-refractivity contribution in [3.63, 3.8) is 0 Å². The Balaban J connectivity index is 1.45. The van der Waals surface area contributed by atoms with Crippen LogP contribution in [0.15, 0.2) is 101 Å². The lowest BCUT2D eigenvalue weighted by Gasteiger charge is -2.08. The smallest absolute Gasteiger partial charge is 0.143 e. The van der Waals surface area contributed by atoms with E-state index in [4.69, 9.17) is 4.42 Å². The van der Waals surface area contributed by atoms with Gasteiger partial charge in [-0.05, 0) is 34.9 Å². The summed E-state index contributed by atoms with van der Waals surface area (Å²) in [5.41, 5.74) is 8.05. The minimum atomic E-state index is -0.0361. The van der Waals surface area contributed by atoms with Crippen molar-refractivity contribution in [1.82, 2.24) is 4.98 Å². The van der Waals surface area contributed by atoms with Crippen molar-refractivity contribution < 1.29 is 9.52 Å². The van der Waals surface area contributed by atoms with Crippen LogP contribution in [0.5, 0.6) is 0 Å². The highest BCUT2D eigenvalue weighted by Gasteiger charge is 2.13. The van der Waals surface area contributed by atoms with Gasteiger partial charge in [0.25, 0.3) is 0 Å². The number of aliphatic hydroxyl groups is 1. The third-order valence-corrected chi connectivity index (χ3v) is 6.67. The van der Waals surface area contributed by atoms with Crippen LogP contribution < -0.4 is 0 Å². The molecule has 2 aromatic heterocycles. The maximum Gasteiger partial charge on any atom is 0.143 e. The lowest BCUT2D eigenvalue weighted by Crippen LogP contribution is -1.85. The van der Waals surface area contributed by atoms with E-state index in [2.05, 4.69) is 77.8 Å². The van der Waals surface area contributed by atoms with Crippen LogP contribution in [-0.4, -0.2) is 10.1 Å². The number of fused-ring (bicyclic) bond motifs is 3. The number of hydrogen-bond donors (Lipinski definition) is 1. The van der Waals surface area contributed by atoms with Crippen molar-refractivity contribution in [2.24, 2.45) is 0 Å². The van der Waals surface area contributed by atoms with Crippen LogP contribution in [0.1, 0.15) is 5.69 Å². The molecule has 0 fully saturated rings. The fourth-order valence-electron chi connectivity index (χ4n) is 4.18. The zero-order valence-corrected chi connectivity index (χ0v) is 18.0. The number of nitrogens with zero attached hydrogens (tertiary/aromatic N) is 1. The van der Waals surface area contributed by atoms with Crippen LogP contribution in [0.3, 0.4) is 0 Å². The molecule has 0 atom stereocenters. The summed E-state index contributed by atoms with van der Waals surface area (Å²) in [7, 11) is 0. The predicted molar refractivity (Wildman–Crippen MR) is 132 cm³/mol. The molecule has 0 unspecified atom stereocenters. The number of para-hydroxylation sites is 2. The third kappa shape index (κ3) is 3.21. The first-order chi connectivity index (χ1) is 15.8. The Morgan fingerprint density at radius 3 is 2.22 bits per heavy atom. The van der Waals surface area contributed by atoms with Gasteiger partial charge in [0, 0.05) is 27.3 Å². The summed E-state index contributed by atoms with van der Waals surface area (Å²) in [6.45, 7) is -0.0361. The summed E-state index contributed by atoms with van der Waals surface area (Å²) in [5.74, 6) is 0. The summed E-state index contributed by atoms with van der Waals surface area (Å²) in [6.07, 6.45) is 0. The van der Waals surface area contributed by atoms with Crippen molar-refractivity contribution in [3.05, 3.63) is 102 Å². The first-order valence-electron chi connectivity index (χ1n) is 10.5. The van der Waals surface area contributed by atoms with Gasteiger partial charge in [-0.25, -0.2) is 4.98 Å². The molecule has 6 rings (SSSR count). The molecular formula is C28H19NO2S. The van der Waals surface area contributed by atoms with Crippen molar-refractivity contribution in [2.75, 3.05) is 0 Å². The molecule has 154 valence electrons. The zero-order valence-electron chi connectivity index (χ0n) is 17.2. The van der Waals surface area contributed by atoms with Gasteiger partial charge in [-0.15, -0.1) is 11.3 Å². The molecule has 0 saturated heterocycles. The molecule has 0 aliphatic rings. The summed E-state index contributed by atoms with van der Waals surface area (Å²) < 4.78 is 6.25. The molecular weight excluding hydrogens is 414 g/mol. The highest BCUT2D eigenvalue weighted by molar-refractivity contribution is 7.13.